The zero-order valence-corrected chi connectivity index (χ0v) is 22.8. The molecule has 4 aromatic rings. The summed E-state index contributed by atoms with van der Waals surface area (Å²) in [4.78, 5) is 10.2. The third-order valence-electron chi connectivity index (χ3n) is 8.13. The molecular weight excluding hydrogens is 485 g/mol. The maximum atomic E-state index is 16.4. The van der Waals surface area contributed by atoms with Gasteiger partial charge in [-0.25, -0.2) is 13.9 Å². The number of benzene rings is 1. The van der Waals surface area contributed by atoms with E-state index in [4.69, 9.17) is 14.2 Å². The SMILES string of the molecule is COc1cc(-c2[nH]c3ccc(C4CCN(C5COC(C)(C)OC5)CC4)c(F)c3c2C(C)C)cn2ncnc12. The van der Waals surface area contributed by atoms with Crippen molar-refractivity contribution in [2.24, 2.45) is 0 Å². The molecule has 2 aliphatic heterocycles. The molecule has 2 aliphatic rings. The Labute approximate surface area is 222 Å². The molecule has 9 heteroatoms. The van der Waals surface area contributed by atoms with Gasteiger partial charge in [-0.1, -0.05) is 19.9 Å². The number of piperidine rings is 1. The molecule has 2 saturated heterocycles. The number of methoxy groups -OCH3 is 1. The van der Waals surface area contributed by atoms with Gasteiger partial charge in [-0.15, -0.1) is 0 Å². The van der Waals surface area contributed by atoms with E-state index in [-0.39, 0.29) is 23.7 Å². The molecule has 5 heterocycles. The Kier molecular flexibility index (Phi) is 6.40. The number of nitrogens with zero attached hydrogens (tertiary/aromatic N) is 4. The van der Waals surface area contributed by atoms with Gasteiger partial charge in [0.15, 0.2) is 17.2 Å². The molecule has 0 unspecified atom stereocenters. The molecule has 38 heavy (non-hydrogen) atoms. The molecule has 3 aromatic heterocycles. The summed E-state index contributed by atoms with van der Waals surface area (Å²) in [6, 6.07) is 6.20. The third kappa shape index (κ3) is 4.36. The van der Waals surface area contributed by atoms with Crippen LogP contribution in [-0.4, -0.2) is 69.7 Å². The highest BCUT2D eigenvalue weighted by molar-refractivity contribution is 5.92. The zero-order valence-electron chi connectivity index (χ0n) is 22.8. The smallest absolute Gasteiger partial charge is 0.197 e. The number of ether oxygens (including phenoxy) is 3. The van der Waals surface area contributed by atoms with Crippen LogP contribution in [0.2, 0.25) is 0 Å². The lowest BCUT2D eigenvalue weighted by Gasteiger charge is -2.42. The first-order valence-corrected chi connectivity index (χ1v) is 13.5. The van der Waals surface area contributed by atoms with Gasteiger partial charge in [0, 0.05) is 22.7 Å². The number of fused-ring (bicyclic) bond motifs is 2. The van der Waals surface area contributed by atoms with E-state index in [2.05, 4.69) is 33.8 Å². The predicted molar refractivity (Wildman–Crippen MR) is 144 cm³/mol. The van der Waals surface area contributed by atoms with Gasteiger partial charge in [-0.05, 0) is 74.9 Å². The Hall–Kier alpha value is -3.01. The van der Waals surface area contributed by atoms with E-state index in [0.29, 0.717) is 30.0 Å². The molecule has 202 valence electrons. The topological polar surface area (TPSA) is 76.9 Å². The number of rotatable bonds is 5. The second kappa shape index (κ2) is 9.63. The van der Waals surface area contributed by atoms with Gasteiger partial charge in [0.1, 0.15) is 12.1 Å². The number of likely N-dealkylation sites (tertiary alicyclic amines) is 1. The summed E-state index contributed by atoms with van der Waals surface area (Å²) in [6.07, 6.45) is 5.24. The maximum absolute atomic E-state index is 16.4. The van der Waals surface area contributed by atoms with E-state index < -0.39 is 5.79 Å². The van der Waals surface area contributed by atoms with Crippen LogP contribution >= 0.6 is 0 Å². The summed E-state index contributed by atoms with van der Waals surface area (Å²) in [7, 11) is 1.62. The molecule has 1 aromatic carbocycles. The molecule has 0 aliphatic carbocycles. The minimum atomic E-state index is -0.511. The Bertz CT molecular complexity index is 1460. The van der Waals surface area contributed by atoms with Crippen LogP contribution in [0.5, 0.6) is 5.75 Å². The number of hydrogen-bond donors (Lipinski definition) is 1. The van der Waals surface area contributed by atoms with Crippen LogP contribution in [0.4, 0.5) is 4.39 Å². The zero-order chi connectivity index (χ0) is 26.6. The van der Waals surface area contributed by atoms with E-state index in [1.807, 2.05) is 38.2 Å². The largest absolute Gasteiger partial charge is 0.493 e. The predicted octanol–water partition coefficient (Wildman–Crippen LogP) is 5.48. The van der Waals surface area contributed by atoms with Crippen LogP contribution in [0.15, 0.2) is 30.7 Å². The fraction of sp³-hybridized carbons (Fsp3) is 0.517. The second-order valence-electron chi connectivity index (χ2n) is 11.3. The number of pyridine rings is 1. The highest BCUT2D eigenvalue weighted by Gasteiger charge is 2.34. The lowest BCUT2D eigenvalue weighted by atomic mass is 9.86. The van der Waals surface area contributed by atoms with Crippen molar-refractivity contribution in [1.29, 1.82) is 0 Å². The summed E-state index contributed by atoms with van der Waals surface area (Å²) < 4.78 is 35.4. The van der Waals surface area contributed by atoms with Crippen molar-refractivity contribution in [3.63, 3.8) is 0 Å². The Balaban J connectivity index is 1.31. The number of halogens is 1. The van der Waals surface area contributed by atoms with Crippen molar-refractivity contribution in [3.05, 3.63) is 47.7 Å². The molecule has 1 N–H and O–H groups in total. The van der Waals surface area contributed by atoms with Gasteiger partial charge < -0.3 is 19.2 Å². The summed E-state index contributed by atoms with van der Waals surface area (Å²) in [6.45, 7) is 11.3. The van der Waals surface area contributed by atoms with Crippen LogP contribution in [-0.2, 0) is 9.47 Å². The molecule has 0 radical (unpaired) electrons. The van der Waals surface area contributed by atoms with Gasteiger partial charge in [-0.2, -0.15) is 5.10 Å². The molecule has 0 bridgehead atoms. The van der Waals surface area contributed by atoms with Crippen molar-refractivity contribution in [2.75, 3.05) is 33.4 Å². The minimum absolute atomic E-state index is 0.105. The van der Waals surface area contributed by atoms with Crippen molar-refractivity contribution >= 4 is 16.6 Å². The van der Waals surface area contributed by atoms with Gasteiger partial charge in [0.25, 0.3) is 0 Å². The van der Waals surface area contributed by atoms with E-state index in [0.717, 1.165) is 53.8 Å². The Morgan fingerprint density at radius 1 is 1.16 bits per heavy atom. The van der Waals surface area contributed by atoms with Crippen molar-refractivity contribution in [2.45, 2.75) is 64.2 Å². The average molecular weight is 522 g/mol. The number of aromatic nitrogens is 4. The van der Waals surface area contributed by atoms with E-state index in [1.165, 1.54) is 6.33 Å². The highest BCUT2D eigenvalue weighted by Crippen LogP contribution is 2.41. The summed E-state index contributed by atoms with van der Waals surface area (Å²) in [5.74, 6) is 0.301. The maximum Gasteiger partial charge on any atom is 0.197 e. The molecule has 6 rings (SSSR count). The molecule has 0 atom stereocenters. The van der Waals surface area contributed by atoms with E-state index in [9.17, 15) is 0 Å². The molecule has 0 amide bonds. The number of hydrogen-bond acceptors (Lipinski definition) is 6. The standard InChI is InChI=1S/C29H36FN5O3/c1-17(2)24-25-22(33-27(24)19-12-23(36-5)28-31-16-32-35(28)13-19)7-6-21(26(25)30)18-8-10-34(11-9-18)20-14-37-29(3,4)38-15-20/h6-7,12-13,16-18,20,33H,8-11,14-15H2,1-5H3. The van der Waals surface area contributed by atoms with Crippen molar-refractivity contribution in [1.82, 2.24) is 24.5 Å². The summed E-state index contributed by atoms with van der Waals surface area (Å²) in [5, 5.41) is 4.98. The van der Waals surface area contributed by atoms with E-state index in [1.54, 1.807) is 11.6 Å². The van der Waals surface area contributed by atoms with Crippen LogP contribution in [0.25, 0.3) is 27.8 Å². The van der Waals surface area contributed by atoms with Crippen LogP contribution in [0, 0.1) is 5.82 Å². The lowest BCUT2D eigenvalue weighted by Crippen LogP contribution is -2.52. The second-order valence-corrected chi connectivity index (χ2v) is 11.3. The number of nitrogens with one attached hydrogen (secondary N) is 1. The first-order valence-electron chi connectivity index (χ1n) is 13.5. The van der Waals surface area contributed by atoms with Gasteiger partial charge >= 0.3 is 0 Å². The van der Waals surface area contributed by atoms with Crippen LogP contribution in [0.3, 0.4) is 0 Å². The molecule has 0 saturated carbocycles. The van der Waals surface area contributed by atoms with Crippen LogP contribution in [0.1, 0.15) is 63.5 Å². The first-order chi connectivity index (χ1) is 18.3. The van der Waals surface area contributed by atoms with E-state index >= 15 is 4.39 Å². The minimum Gasteiger partial charge on any atom is -0.493 e. The van der Waals surface area contributed by atoms with Gasteiger partial charge in [-0.3, -0.25) is 4.90 Å². The third-order valence-corrected chi connectivity index (χ3v) is 8.13. The Morgan fingerprint density at radius 2 is 1.89 bits per heavy atom. The van der Waals surface area contributed by atoms with Crippen molar-refractivity contribution < 1.29 is 18.6 Å². The molecule has 8 nitrogen and oxygen atoms in total. The quantitative estimate of drug-likeness (QED) is 0.375. The fourth-order valence-electron chi connectivity index (χ4n) is 6.06. The van der Waals surface area contributed by atoms with Gasteiger partial charge in [0.2, 0.25) is 0 Å². The lowest BCUT2D eigenvalue weighted by molar-refractivity contribution is -0.264. The Morgan fingerprint density at radius 3 is 2.58 bits per heavy atom. The average Bonchev–Trinajstić information content (AvgIpc) is 3.54. The molecule has 0 spiro atoms. The van der Waals surface area contributed by atoms with Crippen LogP contribution < -0.4 is 4.74 Å². The highest BCUT2D eigenvalue weighted by atomic mass is 19.1. The number of aromatic amines is 1. The number of H-pyrrole nitrogens is 1. The monoisotopic (exact) mass is 521 g/mol. The molecular formula is C29H36FN5O3. The summed E-state index contributed by atoms with van der Waals surface area (Å²) >= 11 is 0. The van der Waals surface area contributed by atoms with Gasteiger partial charge in [0.05, 0.1) is 32.1 Å². The first kappa shape index (κ1) is 25.3. The molecule has 2 fully saturated rings. The fourth-order valence-corrected chi connectivity index (χ4v) is 6.06. The normalized spacial score (nSPS) is 19.7. The van der Waals surface area contributed by atoms with Crippen molar-refractivity contribution in [3.8, 4) is 17.0 Å². The summed E-state index contributed by atoms with van der Waals surface area (Å²) in [5.41, 5.74) is 5.00.